The first kappa shape index (κ1) is 7.60. The lowest BCUT2D eigenvalue weighted by Gasteiger charge is -2.08. The minimum Gasteiger partial charge on any atom is -0.390 e. The quantitative estimate of drug-likeness (QED) is 0.614. The average Bonchev–Trinajstić information content (AvgIpc) is 2.54. The molecule has 0 saturated heterocycles. The Hall–Kier alpha value is -0.0400. The first-order valence-electron chi connectivity index (χ1n) is 4.55. The molecule has 11 heavy (non-hydrogen) atoms. The van der Waals surface area contributed by atoms with Crippen LogP contribution >= 0.6 is 0 Å². The van der Waals surface area contributed by atoms with Crippen LogP contribution in [-0.4, -0.2) is 10.7 Å². The van der Waals surface area contributed by atoms with E-state index in [1.54, 1.807) is 0 Å². The molecule has 2 aliphatic rings. The van der Waals surface area contributed by atoms with Crippen molar-refractivity contribution in [3.8, 4) is 0 Å². The van der Waals surface area contributed by atoms with Crippen molar-refractivity contribution < 1.29 is 5.11 Å². The number of hydrogen-bond acceptors (Lipinski definition) is 1. The van der Waals surface area contributed by atoms with Gasteiger partial charge in [0, 0.05) is 0 Å². The van der Waals surface area contributed by atoms with Gasteiger partial charge in [-0.1, -0.05) is 27.7 Å². The summed E-state index contributed by atoms with van der Waals surface area (Å²) in [6, 6.07) is 0. The lowest BCUT2D eigenvalue weighted by atomic mass is 10.0. The lowest BCUT2D eigenvalue weighted by molar-refractivity contribution is 0.104. The molecule has 0 aromatic carbocycles. The van der Waals surface area contributed by atoms with Crippen molar-refractivity contribution in [3.05, 3.63) is 0 Å². The van der Waals surface area contributed by atoms with Crippen LogP contribution in [0.1, 0.15) is 40.5 Å². The fourth-order valence-corrected chi connectivity index (χ4v) is 2.96. The third-order valence-electron chi connectivity index (χ3n) is 4.32. The second-order valence-corrected chi connectivity index (χ2v) is 5.48. The molecule has 2 fully saturated rings. The summed E-state index contributed by atoms with van der Waals surface area (Å²) < 4.78 is 0. The lowest BCUT2D eigenvalue weighted by Crippen LogP contribution is -2.14. The van der Waals surface area contributed by atoms with Gasteiger partial charge >= 0.3 is 0 Å². The second-order valence-electron chi connectivity index (χ2n) is 5.48. The molecule has 2 aliphatic carbocycles. The summed E-state index contributed by atoms with van der Waals surface area (Å²) in [5.41, 5.74) is 0.448. The Balaban J connectivity index is 2.21. The van der Waals surface area contributed by atoms with E-state index < -0.39 is 0 Å². The summed E-state index contributed by atoms with van der Waals surface area (Å²) >= 11 is 0. The van der Waals surface area contributed by atoms with E-state index in [-0.39, 0.29) is 5.60 Å². The Kier molecular flexibility index (Phi) is 1.05. The fourth-order valence-electron chi connectivity index (χ4n) is 2.96. The van der Waals surface area contributed by atoms with E-state index in [2.05, 4.69) is 27.7 Å². The van der Waals surface area contributed by atoms with Crippen molar-refractivity contribution in [2.24, 2.45) is 16.7 Å². The van der Waals surface area contributed by atoms with Crippen LogP contribution in [0.25, 0.3) is 0 Å². The van der Waals surface area contributed by atoms with E-state index in [9.17, 15) is 5.11 Å². The van der Waals surface area contributed by atoms with Gasteiger partial charge in [0.2, 0.25) is 0 Å². The maximum atomic E-state index is 9.94. The molecule has 0 unspecified atom stereocenters. The van der Waals surface area contributed by atoms with Crippen LogP contribution in [0.5, 0.6) is 0 Å². The summed E-state index contributed by atoms with van der Waals surface area (Å²) in [5.74, 6) is 0.544. The highest BCUT2D eigenvalue weighted by molar-refractivity contribution is 5.23. The molecule has 0 spiro atoms. The van der Waals surface area contributed by atoms with Crippen molar-refractivity contribution in [2.75, 3.05) is 0 Å². The minimum absolute atomic E-state index is 0.271. The van der Waals surface area contributed by atoms with Crippen LogP contribution in [-0.2, 0) is 0 Å². The largest absolute Gasteiger partial charge is 0.390 e. The molecule has 0 amide bonds. The van der Waals surface area contributed by atoms with Gasteiger partial charge in [0.15, 0.2) is 0 Å². The van der Waals surface area contributed by atoms with Gasteiger partial charge in [-0.15, -0.1) is 0 Å². The molecule has 1 N–H and O–H groups in total. The first-order chi connectivity index (χ1) is 4.82. The molecule has 0 radical (unpaired) electrons. The predicted molar refractivity (Wildman–Crippen MR) is 45.2 cm³/mol. The molecule has 0 aliphatic heterocycles. The number of aliphatic hydroxyl groups is 1. The Labute approximate surface area is 68.8 Å². The van der Waals surface area contributed by atoms with Crippen LogP contribution in [0.2, 0.25) is 0 Å². The second kappa shape index (κ2) is 1.52. The molecule has 0 heterocycles. The van der Waals surface area contributed by atoms with Crippen molar-refractivity contribution in [1.29, 1.82) is 0 Å². The van der Waals surface area contributed by atoms with Gasteiger partial charge in [0.1, 0.15) is 0 Å². The zero-order chi connectivity index (χ0) is 8.49. The highest BCUT2D eigenvalue weighted by Gasteiger charge is 2.74. The molecule has 64 valence electrons. The molecule has 1 heteroatoms. The van der Waals surface area contributed by atoms with Gasteiger partial charge < -0.3 is 5.11 Å². The van der Waals surface area contributed by atoms with Crippen molar-refractivity contribution in [3.63, 3.8) is 0 Å². The Bertz CT molecular complexity index is 185. The van der Waals surface area contributed by atoms with Gasteiger partial charge in [-0.05, 0) is 29.6 Å². The zero-order valence-electron chi connectivity index (χ0n) is 7.94. The van der Waals surface area contributed by atoms with Gasteiger partial charge in [-0.25, -0.2) is 0 Å². The maximum absolute atomic E-state index is 9.94. The molecule has 2 saturated carbocycles. The van der Waals surface area contributed by atoms with Crippen molar-refractivity contribution in [1.82, 2.24) is 0 Å². The van der Waals surface area contributed by atoms with E-state index >= 15 is 0 Å². The van der Waals surface area contributed by atoms with E-state index in [0.29, 0.717) is 16.7 Å². The highest BCUT2D eigenvalue weighted by Crippen LogP contribution is 2.76. The third kappa shape index (κ3) is 0.703. The maximum Gasteiger partial charge on any atom is 0.0688 e. The molecular formula is C10H18O. The van der Waals surface area contributed by atoms with E-state index in [0.717, 1.165) is 12.8 Å². The zero-order valence-corrected chi connectivity index (χ0v) is 7.94. The van der Waals surface area contributed by atoms with E-state index in [1.165, 1.54) is 0 Å². The summed E-state index contributed by atoms with van der Waals surface area (Å²) in [6.07, 6.45) is 2.06. The van der Waals surface area contributed by atoms with Gasteiger partial charge in [0.25, 0.3) is 0 Å². The highest BCUT2D eigenvalue weighted by atomic mass is 16.3. The van der Waals surface area contributed by atoms with Crippen LogP contribution in [0.15, 0.2) is 0 Å². The van der Waals surface area contributed by atoms with E-state index in [4.69, 9.17) is 0 Å². The molecule has 2 rings (SSSR count). The topological polar surface area (TPSA) is 20.2 Å². The minimum atomic E-state index is -0.271. The molecule has 0 atom stereocenters. The summed E-state index contributed by atoms with van der Waals surface area (Å²) in [5, 5.41) is 9.94. The van der Waals surface area contributed by atoms with Crippen LogP contribution < -0.4 is 0 Å². The third-order valence-corrected chi connectivity index (χ3v) is 4.32. The Morgan fingerprint density at radius 1 is 1.00 bits per heavy atom. The van der Waals surface area contributed by atoms with Crippen LogP contribution in [0.3, 0.4) is 0 Å². The SMILES string of the molecule is CC1(C)C(C2(O)CC2)C1(C)C. The van der Waals surface area contributed by atoms with Gasteiger partial charge in [-0.3, -0.25) is 0 Å². The molecule has 0 aromatic heterocycles. The predicted octanol–water partition coefficient (Wildman–Crippen LogP) is 2.19. The monoisotopic (exact) mass is 154 g/mol. The van der Waals surface area contributed by atoms with Crippen LogP contribution in [0.4, 0.5) is 0 Å². The Morgan fingerprint density at radius 3 is 1.45 bits per heavy atom. The molecular weight excluding hydrogens is 136 g/mol. The smallest absolute Gasteiger partial charge is 0.0688 e. The number of hydrogen-bond donors (Lipinski definition) is 1. The van der Waals surface area contributed by atoms with Gasteiger partial charge in [-0.2, -0.15) is 0 Å². The van der Waals surface area contributed by atoms with Gasteiger partial charge in [0.05, 0.1) is 5.60 Å². The van der Waals surface area contributed by atoms with E-state index in [1.807, 2.05) is 0 Å². The van der Waals surface area contributed by atoms with Crippen LogP contribution in [0, 0.1) is 16.7 Å². The van der Waals surface area contributed by atoms with Crippen molar-refractivity contribution >= 4 is 0 Å². The average molecular weight is 154 g/mol. The summed E-state index contributed by atoms with van der Waals surface area (Å²) in [7, 11) is 0. The summed E-state index contributed by atoms with van der Waals surface area (Å²) in [6.45, 7) is 9.09. The molecule has 1 nitrogen and oxygen atoms in total. The fraction of sp³-hybridized carbons (Fsp3) is 1.00. The van der Waals surface area contributed by atoms with Crippen molar-refractivity contribution in [2.45, 2.75) is 46.1 Å². The Morgan fingerprint density at radius 2 is 1.36 bits per heavy atom. The molecule has 0 bridgehead atoms. The summed E-state index contributed by atoms with van der Waals surface area (Å²) in [4.78, 5) is 0. The molecule has 0 aromatic rings. The first-order valence-corrected chi connectivity index (χ1v) is 4.55. The normalized spacial score (nSPS) is 36.8. The number of rotatable bonds is 1. The standard InChI is InChI=1S/C10H18O/c1-8(2)7(9(8,3)4)10(11)5-6-10/h7,11H,5-6H2,1-4H3.